The molecule has 0 saturated heterocycles. The predicted octanol–water partition coefficient (Wildman–Crippen LogP) is 4.79. The van der Waals surface area contributed by atoms with Gasteiger partial charge in [-0.2, -0.15) is 13.2 Å². The van der Waals surface area contributed by atoms with E-state index in [1.807, 2.05) is 0 Å². The summed E-state index contributed by atoms with van der Waals surface area (Å²) in [5.74, 6) is 1.08. The summed E-state index contributed by atoms with van der Waals surface area (Å²) in [5.41, 5.74) is 1.17. The largest absolute Gasteiger partial charge is 0.416 e. The normalized spacial score (nSPS) is 23.0. The molecule has 0 aromatic heterocycles. The summed E-state index contributed by atoms with van der Waals surface area (Å²) in [6.45, 7) is 5.35. The van der Waals surface area contributed by atoms with Crippen LogP contribution in [0, 0.1) is 11.8 Å². The number of halogens is 3. The fourth-order valence-electron chi connectivity index (χ4n) is 3.20. The van der Waals surface area contributed by atoms with Crippen molar-refractivity contribution >= 4 is 0 Å². The van der Waals surface area contributed by atoms with Crippen molar-refractivity contribution in [2.45, 2.75) is 39.4 Å². The molecule has 0 heterocycles. The van der Waals surface area contributed by atoms with Crippen molar-refractivity contribution in [2.75, 3.05) is 6.54 Å². The lowest BCUT2D eigenvalue weighted by Crippen LogP contribution is -2.26. The van der Waals surface area contributed by atoms with E-state index in [1.165, 1.54) is 11.6 Å². The van der Waals surface area contributed by atoms with Gasteiger partial charge in [-0.3, -0.25) is 0 Å². The summed E-state index contributed by atoms with van der Waals surface area (Å²) in [7, 11) is 0. The van der Waals surface area contributed by atoms with E-state index >= 15 is 0 Å². The SMILES string of the molecule is CC1=CC(C)CC(CNCc2ccccc2C(F)(F)F)C1. The fourth-order valence-corrected chi connectivity index (χ4v) is 3.20. The summed E-state index contributed by atoms with van der Waals surface area (Å²) < 4.78 is 38.7. The van der Waals surface area contributed by atoms with E-state index in [9.17, 15) is 13.2 Å². The molecule has 0 spiro atoms. The third-order valence-electron chi connectivity index (χ3n) is 3.96. The molecule has 1 N–H and O–H groups in total. The Morgan fingerprint density at radius 3 is 2.62 bits per heavy atom. The van der Waals surface area contributed by atoms with Crippen LogP contribution in [-0.2, 0) is 12.7 Å². The van der Waals surface area contributed by atoms with Gasteiger partial charge in [0.05, 0.1) is 5.56 Å². The minimum absolute atomic E-state index is 0.267. The highest BCUT2D eigenvalue weighted by Gasteiger charge is 2.32. The lowest BCUT2D eigenvalue weighted by Gasteiger charge is -2.26. The molecule has 0 bridgehead atoms. The Bertz CT molecular complexity index is 505. The molecule has 1 aliphatic carbocycles. The van der Waals surface area contributed by atoms with Crippen molar-refractivity contribution in [1.29, 1.82) is 0 Å². The van der Waals surface area contributed by atoms with Crippen LogP contribution in [0.2, 0.25) is 0 Å². The van der Waals surface area contributed by atoms with Gasteiger partial charge in [-0.05, 0) is 49.8 Å². The number of alkyl halides is 3. The molecule has 2 rings (SSSR count). The molecule has 2 unspecified atom stereocenters. The zero-order valence-corrected chi connectivity index (χ0v) is 12.5. The van der Waals surface area contributed by atoms with E-state index in [1.54, 1.807) is 12.1 Å². The number of hydrogen-bond acceptors (Lipinski definition) is 1. The first-order valence-corrected chi connectivity index (χ1v) is 7.39. The van der Waals surface area contributed by atoms with Crippen LogP contribution < -0.4 is 5.32 Å². The van der Waals surface area contributed by atoms with Gasteiger partial charge in [-0.25, -0.2) is 0 Å². The van der Waals surface area contributed by atoms with Crippen LogP contribution in [0.5, 0.6) is 0 Å². The second-order valence-electron chi connectivity index (χ2n) is 6.08. The standard InChI is InChI=1S/C17H22F3N/c1-12-7-13(2)9-14(8-12)10-21-11-15-5-3-4-6-16(15)17(18,19)20/h3-7,12,14,21H,8-11H2,1-2H3. The third kappa shape index (κ3) is 4.60. The first kappa shape index (κ1) is 16.1. The van der Waals surface area contributed by atoms with Crippen LogP contribution in [0.15, 0.2) is 35.9 Å². The van der Waals surface area contributed by atoms with Gasteiger partial charge in [0, 0.05) is 6.54 Å². The number of hydrogen-bond donors (Lipinski definition) is 1. The highest BCUT2D eigenvalue weighted by atomic mass is 19.4. The Hall–Kier alpha value is -1.29. The lowest BCUT2D eigenvalue weighted by molar-refractivity contribution is -0.138. The van der Waals surface area contributed by atoms with Crippen LogP contribution in [0.3, 0.4) is 0 Å². The van der Waals surface area contributed by atoms with Gasteiger partial charge < -0.3 is 5.32 Å². The summed E-state index contributed by atoms with van der Waals surface area (Å²) in [5, 5.41) is 3.20. The van der Waals surface area contributed by atoms with Gasteiger partial charge in [-0.15, -0.1) is 0 Å². The summed E-state index contributed by atoms with van der Waals surface area (Å²) in [6, 6.07) is 5.78. The van der Waals surface area contributed by atoms with Crippen molar-refractivity contribution in [3.63, 3.8) is 0 Å². The van der Waals surface area contributed by atoms with E-state index in [2.05, 4.69) is 25.2 Å². The monoisotopic (exact) mass is 297 g/mol. The minimum Gasteiger partial charge on any atom is -0.312 e. The maximum atomic E-state index is 12.9. The van der Waals surface area contributed by atoms with Crippen LogP contribution in [-0.4, -0.2) is 6.54 Å². The molecule has 116 valence electrons. The lowest BCUT2D eigenvalue weighted by atomic mass is 9.84. The van der Waals surface area contributed by atoms with Gasteiger partial charge in [0.25, 0.3) is 0 Å². The van der Waals surface area contributed by atoms with Crippen molar-refractivity contribution in [2.24, 2.45) is 11.8 Å². The van der Waals surface area contributed by atoms with Crippen LogP contribution in [0.25, 0.3) is 0 Å². The molecule has 0 aliphatic heterocycles. The quantitative estimate of drug-likeness (QED) is 0.788. The van der Waals surface area contributed by atoms with Crippen LogP contribution in [0.4, 0.5) is 13.2 Å². The molecule has 1 aliphatic rings. The zero-order valence-electron chi connectivity index (χ0n) is 12.5. The molecule has 1 aromatic rings. The van der Waals surface area contributed by atoms with E-state index < -0.39 is 11.7 Å². The van der Waals surface area contributed by atoms with Gasteiger partial charge in [-0.1, -0.05) is 36.8 Å². The van der Waals surface area contributed by atoms with Crippen LogP contribution in [0.1, 0.15) is 37.8 Å². The number of allylic oxidation sites excluding steroid dienone is 2. The van der Waals surface area contributed by atoms with Crippen molar-refractivity contribution < 1.29 is 13.2 Å². The zero-order chi connectivity index (χ0) is 15.5. The average Bonchev–Trinajstić information content (AvgIpc) is 2.37. The fraction of sp³-hybridized carbons (Fsp3) is 0.529. The highest BCUT2D eigenvalue weighted by molar-refractivity contribution is 5.29. The molecule has 1 nitrogen and oxygen atoms in total. The van der Waals surface area contributed by atoms with Crippen molar-refractivity contribution in [3.05, 3.63) is 47.0 Å². The van der Waals surface area contributed by atoms with Crippen molar-refractivity contribution in [1.82, 2.24) is 5.32 Å². The predicted molar refractivity (Wildman–Crippen MR) is 78.8 cm³/mol. The van der Waals surface area contributed by atoms with E-state index in [0.29, 0.717) is 17.4 Å². The third-order valence-corrected chi connectivity index (χ3v) is 3.96. The molecule has 21 heavy (non-hydrogen) atoms. The van der Waals surface area contributed by atoms with E-state index in [-0.39, 0.29) is 6.54 Å². The summed E-state index contributed by atoms with van der Waals surface area (Å²) in [4.78, 5) is 0. The first-order valence-electron chi connectivity index (χ1n) is 7.39. The molecular weight excluding hydrogens is 275 g/mol. The Morgan fingerprint density at radius 2 is 1.95 bits per heavy atom. The van der Waals surface area contributed by atoms with E-state index in [0.717, 1.165) is 25.5 Å². The molecule has 1 aromatic carbocycles. The summed E-state index contributed by atoms with van der Waals surface area (Å²) >= 11 is 0. The summed E-state index contributed by atoms with van der Waals surface area (Å²) in [6.07, 6.45) is 0.149. The van der Waals surface area contributed by atoms with Gasteiger partial charge in [0.15, 0.2) is 0 Å². The number of rotatable bonds is 4. The first-order chi connectivity index (χ1) is 9.86. The molecule has 0 amide bonds. The van der Waals surface area contributed by atoms with Crippen molar-refractivity contribution in [3.8, 4) is 0 Å². The second kappa shape index (κ2) is 6.65. The van der Waals surface area contributed by atoms with Gasteiger partial charge in [0.2, 0.25) is 0 Å². The van der Waals surface area contributed by atoms with Gasteiger partial charge >= 0.3 is 6.18 Å². The molecule has 0 fully saturated rings. The topological polar surface area (TPSA) is 12.0 Å². The minimum atomic E-state index is -4.28. The molecule has 2 atom stereocenters. The Kier molecular flexibility index (Phi) is 5.09. The molecule has 4 heteroatoms. The maximum absolute atomic E-state index is 12.9. The highest BCUT2D eigenvalue weighted by Crippen LogP contribution is 2.32. The average molecular weight is 297 g/mol. The van der Waals surface area contributed by atoms with E-state index in [4.69, 9.17) is 0 Å². The smallest absolute Gasteiger partial charge is 0.312 e. The maximum Gasteiger partial charge on any atom is 0.416 e. The molecule has 0 radical (unpaired) electrons. The number of nitrogens with one attached hydrogen (secondary N) is 1. The van der Waals surface area contributed by atoms with Crippen LogP contribution >= 0.6 is 0 Å². The van der Waals surface area contributed by atoms with Gasteiger partial charge in [0.1, 0.15) is 0 Å². The Morgan fingerprint density at radius 1 is 1.24 bits per heavy atom. The second-order valence-corrected chi connectivity index (χ2v) is 6.08. The Balaban J connectivity index is 1.91. The molecular formula is C17H22F3N. The Labute approximate surface area is 124 Å². The molecule has 0 saturated carbocycles. The number of benzene rings is 1.